The molecule has 0 bridgehead atoms. The number of benzene rings is 1. The summed E-state index contributed by atoms with van der Waals surface area (Å²) in [6.45, 7) is 10.5. The summed E-state index contributed by atoms with van der Waals surface area (Å²) in [6.07, 6.45) is 0.230. The number of rotatable bonds is 1. The molecule has 0 radical (unpaired) electrons. The second-order valence-corrected chi connectivity index (χ2v) is 6.27. The van der Waals surface area contributed by atoms with Gasteiger partial charge in [-0.2, -0.15) is 0 Å². The normalized spacial score (nSPS) is 21.8. The molecule has 1 aromatic carbocycles. The minimum absolute atomic E-state index is 0.0298. The topological polar surface area (TPSA) is 40.5 Å². The van der Waals surface area contributed by atoms with Crippen LogP contribution in [0.5, 0.6) is 0 Å². The lowest BCUT2D eigenvalue weighted by Crippen LogP contribution is -2.43. The number of carbonyl (C=O) groups is 1. The Bertz CT molecular complexity index is 520. The van der Waals surface area contributed by atoms with Gasteiger partial charge in [-0.3, -0.25) is 4.79 Å². The summed E-state index contributed by atoms with van der Waals surface area (Å²) in [5.74, 6) is 0.0298. The van der Waals surface area contributed by atoms with Crippen molar-refractivity contribution >= 4 is 5.91 Å². The van der Waals surface area contributed by atoms with E-state index in [1.165, 1.54) is 11.1 Å². The van der Waals surface area contributed by atoms with E-state index in [1.54, 1.807) is 4.90 Å². The van der Waals surface area contributed by atoms with E-state index in [1.807, 2.05) is 39.8 Å². The fraction of sp³-hybridized carbons (Fsp3) is 0.562. The zero-order valence-electron chi connectivity index (χ0n) is 12.4. The summed E-state index contributed by atoms with van der Waals surface area (Å²) in [7, 11) is 0. The first-order chi connectivity index (χ1) is 8.74. The number of aliphatic hydroxyl groups is 1. The van der Waals surface area contributed by atoms with Crippen molar-refractivity contribution in [2.24, 2.45) is 0 Å². The Labute approximate surface area is 115 Å². The molecule has 0 aromatic heterocycles. The molecule has 2 rings (SSSR count). The lowest BCUT2D eigenvalue weighted by Gasteiger charge is -2.32. The predicted octanol–water partition coefficient (Wildman–Crippen LogP) is 2.60. The number of amides is 1. The molecule has 0 aliphatic carbocycles. The van der Waals surface area contributed by atoms with E-state index in [0.29, 0.717) is 13.0 Å². The van der Waals surface area contributed by atoms with Gasteiger partial charge in [0.2, 0.25) is 0 Å². The van der Waals surface area contributed by atoms with Gasteiger partial charge in [-0.25, -0.2) is 0 Å². The minimum Gasteiger partial charge on any atom is -0.391 e. The molecule has 1 fully saturated rings. The van der Waals surface area contributed by atoms with Crippen molar-refractivity contribution < 1.29 is 9.90 Å². The molecule has 1 saturated heterocycles. The molecule has 1 amide bonds. The summed E-state index contributed by atoms with van der Waals surface area (Å²) >= 11 is 0. The largest absolute Gasteiger partial charge is 0.391 e. The zero-order valence-corrected chi connectivity index (χ0v) is 12.4. The number of β-amino-alcohol motifs (C(OH)–C–C–N with tert-alkyl or cyclic N) is 1. The fourth-order valence-corrected chi connectivity index (χ4v) is 2.90. The zero-order chi connectivity index (χ0) is 14.4. The van der Waals surface area contributed by atoms with Crippen molar-refractivity contribution in [3.8, 4) is 0 Å². The second-order valence-electron chi connectivity index (χ2n) is 6.27. The number of carbonyl (C=O) groups excluding carboxylic acids is 1. The number of nitrogens with zero attached hydrogens (tertiary/aromatic N) is 1. The summed E-state index contributed by atoms with van der Waals surface area (Å²) in [5, 5.41) is 9.81. The molecule has 1 aliphatic rings. The minimum atomic E-state index is -0.411. The summed E-state index contributed by atoms with van der Waals surface area (Å²) < 4.78 is 0. The standard InChI is InChI=1S/C16H23NO2/c1-10-6-7-14(12(3)11(10)2)15(19)17-9-13(18)8-16(17,4)5/h6-7,13,18H,8-9H2,1-5H3. The van der Waals surface area contributed by atoms with Gasteiger partial charge in [-0.15, -0.1) is 0 Å². The van der Waals surface area contributed by atoms with E-state index in [4.69, 9.17) is 0 Å². The highest BCUT2D eigenvalue weighted by molar-refractivity contribution is 5.96. The van der Waals surface area contributed by atoms with Crippen LogP contribution in [0.2, 0.25) is 0 Å². The Morgan fingerprint density at radius 2 is 1.89 bits per heavy atom. The molecule has 1 atom stereocenters. The molecule has 0 saturated carbocycles. The maximum absolute atomic E-state index is 12.7. The van der Waals surface area contributed by atoms with Crippen LogP contribution in [0.3, 0.4) is 0 Å². The molecule has 1 aliphatic heterocycles. The molecule has 3 heteroatoms. The van der Waals surface area contributed by atoms with Gasteiger partial charge in [0.25, 0.3) is 5.91 Å². The maximum atomic E-state index is 12.7. The molecule has 1 N–H and O–H groups in total. The summed E-state index contributed by atoms with van der Waals surface area (Å²) in [6, 6.07) is 3.90. The SMILES string of the molecule is Cc1ccc(C(=O)N2CC(O)CC2(C)C)c(C)c1C. The van der Waals surface area contributed by atoms with E-state index in [-0.39, 0.29) is 11.4 Å². The first-order valence-electron chi connectivity index (χ1n) is 6.81. The van der Waals surface area contributed by atoms with Crippen molar-refractivity contribution in [2.45, 2.75) is 52.7 Å². The van der Waals surface area contributed by atoms with Gasteiger partial charge >= 0.3 is 0 Å². The van der Waals surface area contributed by atoms with Gasteiger partial charge < -0.3 is 10.0 Å². The van der Waals surface area contributed by atoms with Crippen LogP contribution in [0.4, 0.5) is 0 Å². The van der Waals surface area contributed by atoms with Crippen LogP contribution in [0, 0.1) is 20.8 Å². The smallest absolute Gasteiger partial charge is 0.254 e. The molecule has 0 spiro atoms. The van der Waals surface area contributed by atoms with E-state index in [9.17, 15) is 9.90 Å². The highest BCUT2D eigenvalue weighted by atomic mass is 16.3. The van der Waals surface area contributed by atoms with Crippen molar-refractivity contribution in [1.82, 2.24) is 4.90 Å². The number of hydrogen-bond acceptors (Lipinski definition) is 2. The van der Waals surface area contributed by atoms with Gasteiger partial charge in [0.15, 0.2) is 0 Å². The predicted molar refractivity (Wildman–Crippen MR) is 76.4 cm³/mol. The average molecular weight is 261 g/mol. The Kier molecular flexibility index (Phi) is 3.43. The summed E-state index contributed by atoms with van der Waals surface area (Å²) in [4.78, 5) is 14.5. The van der Waals surface area contributed by atoms with Crippen LogP contribution in [0.15, 0.2) is 12.1 Å². The Hall–Kier alpha value is -1.35. The monoisotopic (exact) mass is 261 g/mol. The third kappa shape index (κ3) is 2.39. The van der Waals surface area contributed by atoms with Gasteiger partial charge in [0.05, 0.1) is 6.10 Å². The Balaban J connectivity index is 2.38. The molecular weight excluding hydrogens is 238 g/mol. The lowest BCUT2D eigenvalue weighted by molar-refractivity contribution is 0.0640. The molecular formula is C16H23NO2. The van der Waals surface area contributed by atoms with Crippen LogP contribution in [-0.2, 0) is 0 Å². The lowest BCUT2D eigenvalue weighted by atomic mass is 9.96. The van der Waals surface area contributed by atoms with Gasteiger partial charge in [-0.05, 0) is 63.8 Å². The number of aliphatic hydroxyl groups excluding tert-OH is 1. The Morgan fingerprint density at radius 3 is 2.42 bits per heavy atom. The van der Waals surface area contributed by atoms with E-state index < -0.39 is 6.10 Å². The quantitative estimate of drug-likeness (QED) is 0.844. The first kappa shape index (κ1) is 14.1. The first-order valence-corrected chi connectivity index (χ1v) is 6.81. The Morgan fingerprint density at radius 1 is 1.26 bits per heavy atom. The van der Waals surface area contributed by atoms with Gasteiger partial charge in [0, 0.05) is 17.6 Å². The van der Waals surface area contributed by atoms with Crippen LogP contribution in [-0.4, -0.2) is 34.1 Å². The van der Waals surface area contributed by atoms with E-state index in [0.717, 1.165) is 11.1 Å². The van der Waals surface area contributed by atoms with Crippen molar-refractivity contribution in [3.05, 3.63) is 34.4 Å². The van der Waals surface area contributed by atoms with Crippen LogP contribution in [0.25, 0.3) is 0 Å². The third-order valence-electron chi connectivity index (χ3n) is 4.39. The molecule has 3 nitrogen and oxygen atoms in total. The van der Waals surface area contributed by atoms with Gasteiger partial charge in [-0.1, -0.05) is 6.07 Å². The third-order valence-corrected chi connectivity index (χ3v) is 4.39. The molecule has 19 heavy (non-hydrogen) atoms. The average Bonchev–Trinajstić information content (AvgIpc) is 2.59. The van der Waals surface area contributed by atoms with Crippen molar-refractivity contribution in [1.29, 1.82) is 0 Å². The van der Waals surface area contributed by atoms with Crippen LogP contribution >= 0.6 is 0 Å². The molecule has 104 valence electrons. The number of likely N-dealkylation sites (tertiary alicyclic amines) is 1. The molecule has 1 unspecified atom stereocenters. The maximum Gasteiger partial charge on any atom is 0.254 e. The number of aryl methyl sites for hydroxylation is 1. The second kappa shape index (κ2) is 4.64. The highest BCUT2D eigenvalue weighted by Gasteiger charge is 2.41. The summed E-state index contributed by atoms with van der Waals surface area (Å²) in [5.41, 5.74) is 3.90. The van der Waals surface area contributed by atoms with Gasteiger partial charge in [0.1, 0.15) is 0 Å². The van der Waals surface area contributed by atoms with E-state index in [2.05, 4.69) is 6.92 Å². The molecule has 1 aromatic rings. The highest BCUT2D eigenvalue weighted by Crippen LogP contribution is 2.31. The molecule has 1 heterocycles. The van der Waals surface area contributed by atoms with Crippen molar-refractivity contribution in [3.63, 3.8) is 0 Å². The van der Waals surface area contributed by atoms with Crippen molar-refractivity contribution in [2.75, 3.05) is 6.54 Å². The fourth-order valence-electron chi connectivity index (χ4n) is 2.90. The van der Waals surface area contributed by atoms with Crippen LogP contribution in [0.1, 0.15) is 47.3 Å². The number of hydrogen-bond donors (Lipinski definition) is 1. The van der Waals surface area contributed by atoms with Crippen LogP contribution < -0.4 is 0 Å². The van der Waals surface area contributed by atoms with E-state index >= 15 is 0 Å².